The van der Waals surface area contributed by atoms with Crippen LogP contribution in [0.2, 0.25) is 0 Å². The van der Waals surface area contributed by atoms with Gasteiger partial charge in [-0.3, -0.25) is 4.79 Å². The molecule has 7 heteroatoms. The van der Waals surface area contributed by atoms with Crippen LogP contribution in [0.1, 0.15) is 13.8 Å². The third-order valence-electron chi connectivity index (χ3n) is 3.00. The van der Waals surface area contributed by atoms with Crippen molar-refractivity contribution in [3.63, 3.8) is 0 Å². The Kier molecular flexibility index (Phi) is 4.99. The number of hydrogen-bond donors (Lipinski definition) is 1. The summed E-state index contributed by atoms with van der Waals surface area (Å²) < 4.78 is 29.6. The zero-order chi connectivity index (χ0) is 15.5. The number of anilines is 1. The van der Waals surface area contributed by atoms with Gasteiger partial charge < -0.3 is 15.4 Å². The first-order valence-corrected chi connectivity index (χ1v) is 7.76. The van der Waals surface area contributed by atoms with E-state index in [9.17, 15) is 13.2 Å². The van der Waals surface area contributed by atoms with Crippen LogP contribution in [0.3, 0.4) is 0 Å². The van der Waals surface area contributed by atoms with Crippen LogP contribution >= 0.6 is 0 Å². The number of nitrogen functional groups attached to an aromatic ring is 1. The molecular weight excluding hydrogens is 280 g/mol. The van der Waals surface area contributed by atoms with Gasteiger partial charge >= 0.3 is 0 Å². The van der Waals surface area contributed by atoms with Gasteiger partial charge in [0.05, 0.1) is 7.11 Å². The normalized spacial score (nSPS) is 11.4. The monoisotopic (exact) mass is 300 g/mol. The van der Waals surface area contributed by atoms with Crippen LogP contribution in [-0.2, 0) is 14.6 Å². The Bertz CT molecular complexity index is 596. The second-order valence-electron chi connectivity index (χ2n) is 4.77. The Hall–Kier alpha value is -1.76. The molecule has 1 aromatic rings. The minimum absolute atomic E-state index is 0.0280. The van der Waals surface area contributed by atoms with Gasteiger partial charge in [-0.25, -0.2) is 8.42 Å². The summed E-state index contributed by atoms with van der Waals surface area (Å²) in [5.41, 5.74) is 5.98. The number of ether oxygens (including phenoxy) is 1. The van der Waals surface area contributed by atoms with Crippen molar-refractivity contribution in [2.45, 2.75) is 24.8 Å². The van der Waals surface area contributed by atoms with Crippen LogP contribution in [0, 0.1) is 0 Å². The predicted molar refractivity (Wildman–Crippen MR) is 77.4 cm³/mol. The van der Waals surface area contributed by atoms with Crippen molar-refractivity contribution in [3.8, 4) is 5.75 Å². The summed E-state index contributed by atoms with van der Waals surface area (Å²) in [6.45, 7) is 3.63. The van der Waals surface area contributed by atoms with E-state index in [2.05, 4.69) is 0 Å². The number of carbonyl (C=O) groups is 1. The molecule has 1 rings (SSSR count). The highest BCUT2D eigenvalue weighted by molar-refractivity contribution is 7.92. The second kappa shape index (κ2) is 6.13. The first kappa shape index (κ1) is 16.3. The maximum absolute atomic E-state index is 12.3. The fourth-order valence-corrected chi connectivity index (χ4v) is 2.98. The molecule has 1 aromatic carbocycles. The van der Waals surface area contributed by atoms with E-state index in [1.165, 1.54) is 30.2 Å². The van der Waals surface area contributed by atoms with Crippen LogP contribution in [-0.4, -0.2) is 45.2 Å². The lowest BCUT2D eigenvalue weighted by atomic mass is 10.3. The van der Waals surface area contributed by atoms with Crippen molar-refractivity contribution in [1.29, 1.82) is 0 Å². The zero-order valence-electron chi connectivity index (χ0n) is 12.1. The molecule has 6 nitrogen and oxygen atoms in total. The van der Waals surface area contributed by atoms with Gasteiger partial charge in [0.15, 0.2) is 9.84 Å². The molecule has 0 saturated heterocycles. The Morgan fingerprint density at radius 3 is 2.50 bits per heavy atom. The Morgan fingerprint density at radius 2 is 2.00 bits per heavy atom. The highest BCUT2D eigenvalue weighted by Crippen LogP contribution is 2.27. The minimum Gasteiger partial charge on any atom is -0.495 e. The third kappa shape index (κ3) is 3.63. The SMILES string of the molecule is COc1cc(N)ccc1S(=O)(=O)CC(=O)N(C)C(C)C. The third-order valence-corrected chi connectivity index (χ3v) is 4.64. The van der Waals surface area contributed by atoms with E-state index in [1.54, 1.807) is 7.05 Å². The summed E-state index contributed by atoms with van der Waals surface area (Å²) in [4.78, 5) is 13.3. The largest absolute Gasteiger partial charge is 0.495 e. The Labute approximate surface area is 119 Å². The van der Waals surface area contributed by atoms with E-state index in [4.69, 9.17) is 10.5 Å². The van der Waals surface area contributed by atoms with Crippen molar-refractivity contribution in [3.05, 3.63) is 18.2 Å². The number of methoxy groups -OCH3 is 1. The summed E-state index contributed by atoms with van der Waals surface area (Å²) in [5.74, 6) is -0.911. The molecular formula is C13H20N2O4S. The highest BCUT2D eigenvalue weighted by Gasteiger charge is 2.25. The first-order valence-electron chi connectivity index (χ1n) is 6.11. The Balaban J connectivity index is 3.09. The number of amides is 1. The molecule has 0 fully saturated rings. The number of sulfone groups is 1. The van der Waals surface area contributed by atoms with E-state index in [-0.39, 0.29) is 16.7 Å². The van der Waals surface area contributed by atoms with Crippen molar-refractivity contribution < 1.29 is 17.9 Å². The molecule has 0 bridgehead atoms. The maximum Gasteiger partial charge on any atom is 0.238 e. The van der Waals surface area contributed by atoms with Gasteiger partial charge in [0, 0.05) is 24.8 Å². The molecule has 0 aromatic heterocycles. The van der Waals surface area contributed by atoms with Gasteiger partial charge in [0.1, 0.15) is 16.4 Å². The topological polar surface area (TPSA) is 89.7 Å². The van der Waals surface area contributed by atoms with E-state index in [1.807, 2.05) is 13.8 Å². The second-order valence-corrected chi connectivity index (χ2v) is 6.73. The molecule has 0 heterocycles. The van der Waals surface area contributed by atoms with Gasteiger partial charge in [0.2, 0.25) is 5.91 Å². The van der Waals surface area contributed by atoms with E-state index < -0.39 is 21.5 Å². The summed E-state index contributed by atoms with van der Waals surface area (Å²) in [6.07, 6.45) is 0. The quantitative estimate of drug-likeness (QED) is 0.817. The number of hydrogen-bond acceptors (Lipinski definition) is 5. The van der Waals surface area contributed by atoms with Crippen LogP contribution in [0.4, 0.5) is 5.69 Å². The molecule has 20 heavy (non-hydrogen) atoms. The van der Waals surface area contributed by atoms with Gasteiger partial charge in [0.25, 0.3) is 0 Å². The summed E-state index contributed by atoms with van der Waals surface area (Å²) in [6, 6.07) is 4.17. The number of carbonyl (C=O) groups excluding carboxylic acids is 1. The van der Waals surface area contributed by atoms with E-state index in [0.29, 0.717) is 5.69 Å². The van der Waals surface area contributed by atoms with Crippen molar-refractivity contribution >= 4 is 21.4 Å². The van der Waals surface area contributed by atoms with E-state index >= 15 is 0 Å². The molecule has 0 radical (unpaired) electrons. The van der Waals surface area contributed by atoms with Crippen molar-refractivity contribution in [2.24, 2.45) is 0 Å². The van der Waals surface area contributed by atoms with Crippen LogP contribution in [0.5, 0.6) is 5.75 Å². The molecule has 0 aliphatic heterocycles. The Morgan fingerprint density at radius 1 is 1.40 bits per heavy atom. The predicted octanol–water partition coefficient (Wildman–Crippen LogP) is 0.918. The average molecular weight is 300 g/mol. The molecule has 112 valence electrons. The molecule has 0 spiro atoms. The summed E-state index contributed by atoms with van der Waals surface area (Å²) in [7, 11) is -0.840. The lowest BCUT2D eigenvalue weighted by molar-refractivity contribution is -0.128. The highest BCUT2D eigenvalue weighted by atomic mass is 32.2. The van der Waals surface area contributed by atoms with Crippen molar-refractivity contribution in [2.75, 3.05) is 25.6 Å². The molecule has 0 atom stereocenters. The van der Waals surface area contributed by atoms with Gasteiger partial charge in [-0.1, -0.05) is 0 Å². The molecule has 1 amide bonds. The maximum atomic E-state index is 12.3. The number of nitrogens with zero attached hydrogens (tertiary/aromatic N) is 1. The van der Waals surface area contributed by atoms with Crippen LogP contribution in [0.15, 0.2) is 23.1 Å². The number of rotatable bonds is 5. The van der Waals surface area contributed by atoms with E-state index in [0.717, 1.165) is 0 Å². The van der Waals surface area contributed by atoms with Crippen LogP contribution < -0.4 is 10.5 Å². The van der Waals surface area contributed by atoms with Gasteiger partial charge in [-0.2, -0.15) is 0 Å². The average Bonchev–Trinajstić information content (AvgIpc) is 2.36. The minimum atomic E-state index is -3.77. The lowest BCUT2D eigenvalue weighted by Crippen LogP contribution is -2.37. The molecule has 0 aliphatic rings. The standard InChI is InChI=1S/C13H20N2O4S/c1-9(2)15(3)13(16)8-20(17,18)12-6-5-10(14)7-11(12)19-4/h5-7,9H,8,14H2,1-4H3. The van der Waals surface area contributed by atoms with Gasteiger partial charge in [-0.15, -0.1) is 0 Å². The molecule has 0 aliphatic carbocycles. The fraction of sp³-hybridized carbons (Fsp3) is 0.462. The van der Waals surface area contributed by atoms with Gasteiger partial charge in [-0.05, 0) is 26.0 Å². The smallest absolute Gasteiger partial charge is 0.238 e. The molecule has 0 saturated carbocycles. The first-order chi connectivity index (χ1) is 9.19. The zero-order valence-corrected chi connectivity index (χ0v) is 12.9. The lowest BCUT2D eigenvalue weighted by Gasteiger charge is -2.21. The molecule has 0 unspecified atom stereocenters. The fourth-order valence-electron chi connectivity index (χ4n) is 1.57. The summed E-state index contributed by atoms with van der Waals surface area (Å²) in [5, 5.41) is 0. The molecule has 2 N–H and O–H groups in total. The van der Waals surface area contributed by atoms with Crippen LogP contribution in [0.25, 0.3) is 0 Å². The number of nitrogens with two attached hydrogens (primary N) is 1. The summed E-state index contributed by atoms with van der Waals surface area (Å²) >= 11 is 0. The van der Waals surface area contributed by atoms with Crippen molar-refractivity contribution in [1.82, 2.24) is 4.90 Å². The number of benzene rings is 1.